The number of hydrogen-bond acceptors (Lipinski definition) is 3. The molecule has 0 radical (unpaired) electrons. The van der Waals surface area contributed by atoms with Crippen LogP contribution in [-0.4, -0.2) is 10.2 Å². The summed E-state index contributed by atoms with van der Waals surface area (Å²) in [7, 11) is 0. The SMILES string of the molecule is Oc1ccc2c(c1O)=c1ccccc1=COC=2. The number of benzene rings is 2. The first kappa shape index (κ1) is 9.78. The van der Waals surface area contributed by atoms with E-state index in [-0.39, 0.29) is 11.5 Å². The molecule has 0 saturated carbocycles. The molecular formula is C14H10O3. The number of ether oxygens (including phenoxy) is 1. The summed E-state index contributed by atoms with van der Waals surface area (Å²) in [6.07, 6.45) is 3.17. The fraction of sp³-hybridized carbons (Fsp3) is 0. The minimum Gasteiger partial charge on any atom is -0.504 e. The summed E-state index contributed by atoms with van der Waals surface area (Å²) in [5, 5.41) is 22.6. The maximum atomic E-state index is 9.98. The average molecular weight is 226 g/mol. The highest BCUT2D eigenvalue weighted by Crippen LogP contribution is 2.22. The summed E-state index contributed by atoms with van der Waals surface area (Å²) in [6.45, 7) is 0. The molecule has 3 nitrogen and oxygen atoms in total. The summed E-state index contributed by atoms with van der Waals surface area (Å²) in [5.74, 6) is -0.251. The van der Waals surface area contributed by atoms with Gasteiger partial charge in [0, 0.05) is 15.7 Å². The van der Waals surface area contributed by atoms with Crippen LogP contribution in [0.25, 0.3) is 12.5 Å². The van der Waals surface area contributed by atoms with Gasteiger partial charge >= 0.3 is 0 Å². The van der Waals surface area contributed by atoms with Crippen LogP contribution >= 0.6 is 0 Å². The van der Waals surface area contributed by atoms with Gasteiger partial charge in [-0.05, 0) is 17.4 Å². The Morgan fingerprint density at radius 3 is 2.47 bits per heavy atom. The molecule has 1 aliphatic rings. The van der Waals surface area contributed by atoms with Crippen LogP contribution in [0.15, 0.2) is 36.4 Å². The smallest absolute Gasteiger partial charge is 0.166 e. The van der Waals surface area contributed by atoms with E-state index >= 15 is 0 Å². The van der Waals surface area contributed by atoms with Gasteiger partial charge in [0.25, 0.3) is 0 Å². The quantitative estimate of drug-likeness (QED) is 0.656. The van der Waals surface area contributed by atoms with Crippen LogP contribution in [0.2, 0.25) is 0 Å². The van der Waals surface area contributed by atoms with Crippen LogP contribution in [0.4, 0.5) is 0 Å². The second kappa shape index (κ2) is 3.56. The van der Waals surface area contributed by atoms with Gasteiger partial charge in [-0.15, -0.1) is 0 Å². The first-order chi connectivity index (χ1) is 8.27. The maximum Gasteiger partial charge on any atom is 0.166 e. The van der Waals surface area contributed by atoms with E-state index in [1.54, 1.807) is 18.6 Å². The van der Waals surface area contributed by atoms with Crippen molar-refractivity contribution in [2.24, 2.45) is 0 Å². The van der Waals surface area contributed by atoms with Gasteiger partial charge < -0.3 is 14.9 Å². The second-order valence-electron chi connectivity index (χ2n) is 3.86. The zero-order valence-corrected chi connectivity index (χ0v) is 8.92. The van der Waals surface area contributed by atoms with Gasteiger partial charge in [-0.1, -0.05) is 24.3 Å². The lowest BCUT2D eigenvalue weighted by Crippen LogP contribution is -2.06. The van der Waals surface area contributed by atoms with Gasteiger partial charge in [-0.25, -0.2) is 0 Å². The van der Waals surface area contributed by atoms with Crippen LogP contribution in [-0.2, 0) is 4.74 Å². The molecule has 0 bridgehead atoms. The Bertz CT molecular complexity index is 791. The van der Waals surface area contributed by atoms with Crippen LogP contribution < -0.4 is 10.4 Å². The van der Waals surface area contributed by atoms with E-state index in [9.17, 15) is 10.2 Å². The Morgan fingerprint density at radius 1 is 0.824 bits per heavy atom. The molecule has 3 rings (SSSR count). The molecule has 2 aromatic carbocycles. The third-order valence-electron chi connectivity index (χ3n) is 2.81. The summed E-state index contributed by atoms with van der Waals surface area (Å²) >= 11 is 0. The normalized spacial score (nSPS) is 12.2. The Kier molecular flexibility index (Phi) is 2.05. The molecule has 2 aromatic rings. The zero-order valence-electron chi connectivity index (χ0n) is 8.92. The molecule has 2 N–H and O–H groups in total. The van der Waals surface area contributed by atoms with E-state index in [4.69, 9.17) is 4.74 Å². The monoisotopic (exact) mass is 226 g/mol. The highest BCUT2D eigenvalue weighted by atomic mass is 16.5. The molecule has 0 atom stereocenters. The first-order valence-electron chi connectivity index (χ1n) is 5.23. The Balaban J connectivity index is 2.76. The minimum absolute atomic E-state index is 0.120. The molecule has 17 heavy (non-hydrogen) atoms. The molecule has 0 unspecified atom stereocenters. The maximum absolute atomic E-state index is 9.98. The van der Waals surface area contributed by atoms with Gasteiger partial charge in [0.2, 0.25) is 0 Å². The fourth-order valence-corrected chi connectivity index (χ4v) is 1.99. The lowest BCUT2D eigenvalue weighted by Gasteiger charge is -1.98. The molecule has 0 saturated heterocycles. The number of aromatic hydroxyl groups is 2. The van der Waals surface area contributed by atoms with Crippen molar-refractivity contribution < 1.29 is 14.9 Å². The predicted octanol–water partition coefficient (Wildman–Crippen LogP) is 0.891. The van der Waals surface area contributed by atoms with Gasteiger partial charge in [0.05, 0.1) is 12.5 Å². The Hall–Kier alpha value is -2.42. The summed E-state index contributed by atoms with van der Waals surface area (Å²) < 4.78 is 5.30. The molecule has 1 heterocycles. The number of phenolic OH excluding ortho intramolecular Hbond substituents is 2. The van der Waals surface area contributed by atoms with E-state index in [0.29, 0.717) is 5.22 Å². The van der Waals surface area contributed by atoms with Gasteiger partial charge in [0.1, 0.15) is 0 Å². The highest BCUT2D eigenvalue weighted by molar-refractivity contribution is 5.44. The second-order valence-corrected chi connectivity index (χ2v) is 3.86. The molecule has 84 valence electrons. The van der Waals surface area contributed by atoms with Gasteiger partial charge in [0.15, 0.2) is 11.5 Å². The molecule has 0 spiro atoms. The molecular weight excluding hydrogens is 216 g/mol. The lowest BCUT2D eigenvalue weighted by molar-refractivity contribution is 0.400. The largest absolute Gasteiger partial charge is 0.504 e. The standard InChI is InChI=1S/C14H10O3/c15-12-6-5-10-8-17-7-9-3-1-2-4-11(9)13(10)14(12)16/h1-8,15-16H. The Morgan fingerprint density at radius 2 is 1.59 bits per heavy atom. The number of rotatable bonds is 0. The Labute approximate surface area is 96.8 Å². The number of phenols is 2. The minimum atomic E-state index is -0.131. The molecule has 1 aliphatic heterocycles. The van der Waals surface area contributed by atoms with E-state index < -0.39 is 0 Å². The third-order valence-corrected chi connectivity index (χ3v) is 2.81. The van der Waals surface area contributed by atoms with Crippen LogP contribution in [0, 0.1) is 10.4 Å². The van der Waals surface area contributed by atoms with Crippen molar-refractivity contribution in [3.63, 3.8) is 0 Å². The number of hydrogen-bond donors (Lipinski definition) is 2. The summed E-state index contributed by atoms with van der Waals surface area (Å²) in [5.41, 5.74) is 0. The summed E-state index contributed by atoms with van der Waals surface area (Å²) in [4.78, 5) is 0. The van der Waals surface area contributed by atoms with Crippen molar-refractivity contribution in [2.45, 2.75) is 0 Å². The van der Waals surface area contributed by atoms with Crippen LogP contribution in [0.3, 0.4) is 0 Å². The average Bonchev–Trinajstić information content (AvgIpc) is 2.53. The van der Waals surface area contributed by atoms with Gasteiger partial charge in [-0.3, -0.25) is 0 Å². The highest BCUT2D eigenvalue weighted by Gasteiger charge is 2.04. The topological polar surface area (TPSA) is 49.7 Å². The predicted molar refractivity (Wildman–Crippen MR) is 63.2 cm³/mol. The van der Waals surface area contributed by atoms with Crippen molar-refractivity contribution in [1.82, 2.24) is 0 Å². The van der Waals surface area contributed by atoms with Crippen LogP contribution in [0.1, 0.15) is 0 Å². The van der Waals surface area contributed by atoms with E-state index in [2.05, 4.69) is 0 Å². The van der Waals surface area contributed by atoms with E-state index in [0.717, 1.165) is 15.7 Å². The number of fused-ring (bicyclic) bond motifs is 2. The van der Waals surface area contributed by atoms with E-state index in [1.807, 2.05) is 24.3 Å². The summed E-state index contributed by atoms with van der Waals surface area (Å²) in [6, 6.07) is 10.7. The van der Waals surface area contributed by atoms with Crippen molar-refractivity contribution in [1.29, 1.82) is 0 Å². The molecule has 0 aromatic heterocycles. The van der Waals surface area contributed by atoms with Crippen molar-refractivity contribution in [3.8, 4) is 11.5 Å². The third kappa shape index (κ3) is 1.44. The van der Waals surface area contributed by atoms with Crippen molar-refractivity contribution >= 4 is 12.5 Å². The molecule has 0 amide bonds. The van der Waals surface area contributed by atoms with Crippen molar-refractivity contribution in [2.75, 3.05) is 0 Å². The van der Waals surface area contributed by atoms with Gasteiger partial charge in [-0.2, -0.15) is 0 Å². The first-order valence-corrected chi connectivity index (χ1v) is 5.23. The zero-order chi connectivity index (χ0) is 11.8. The van der Waals surface area contributed by atoms with E-state index in [1.165, 1.54) is 6.07 Å². The fourth-order valence-electron chi connectivity index (χ4n) is 1.99. The van der Waals surface area contributed by atoms with Crippen molar-refractivity contribution in [3.05, 3.63) is 57.3 Å². The molecule has 0 aliphatic carbocycles. The lowest BCUT2D eigenvalue weighted by atomic mass is 10.1. The molecule has 3 heteroatoms. The van der Waals surface area contributed by atoms with Crippen LogP contribution in [0.5, 0.6) is 11.5 Å². The molecule has 0 fully saturated rings.